The third-order valence-electron chi connectivity index (χ3n) is 5.71. The van der Waals surface area contributed by atoms with Gasteiger partial charge in [-0.1, -0.05) is 24.3 Å². The average molecular weight is 458 g/mol. The fourth-order valence-electron chi connectivity index (χ4n) is 3.82. The van der Waals surface area contributed by atoms with Gasteiger partial charge < -0.3 is 5.32 Å². The van der Waals surface area contributed by atoms with E-state index >= 15 is 0 Å². The summed E-state index contributed by atoms with van der Waals surface area (Å²) in [5.74, 6) is -1.17. The zero-order valence-electron chi connectivity index (χ0n) is 17.6. The van der Waals surface area contributed by atoms with Gasteiger partial charge in [-0.3, -0.25) is 4.79 Å². The molecule has 1 atom stereocenters. The first-order valence-corrected chi connectivity index (χ1v) is 11.8. The van der Waals surface area contributed by atoms with Crippen molar-refractivity contribution in [3.63, 3.8) is 0 Å². The molecule has 1 N–H and O–H groups in total. The number of aromatic nitrogens is 3. The van der Waals surface area contributed by atoms with E-state index in [-0.39, 0.29) is 35.9 Å². The summed E-state index contributed by atoms with van der Waals surface area (Å²) in [5, 5.41) is 7.10. The van der Waals surface area contributed by atoms with E-state index in [0.29, 0.717) is 12.8 Å². The molecule has 0 radical (unpaired) electrons. The molecule has 2 aromatic carbocycles. The van der Waals surface area contributed by atoms with Crippen molar-refractivity contribution >= 4 is 15.9 Å². The standard InChI is InChI=1S/C22H24FN5O3S/c1-16(17-6-8-19(9-7-17)28-15-24-14-25-28)26-22(29)18-10-12-27(13-11-18)32(30,31)21-5-3-2-4-20(21)23/h2-9,14-16,18H,10-13H2,1H3,(H,26,29). The zero-order valence-corrected chi connectivity index (χ0v) is 18.4. The molecule has 1 fully saturated rings. The van der Waals surface area contributed by atoms with Crippen LogP contribution in [-0.2, 0) is 14.8 Å². The largest absolute Gasteiger partial charge is 0.349 e. The second kappa shape index (κ2) is 9.17. The minimum Gasteiger partial charge on any atom is -0.349 e. The maximum atomic E-state index is 14.0. The number of carbonyl (C=O) groups is 1. The van der Waals surface area contributed by atoms with Gasteiger partial charge >= 0.3 is 0 Å². The van der Waals surface area contributed by atoms with Crippen molar-refractivity contribution in [2.45, 2.75) is 30.7 Å². The number of hydrogen-bond acceptors (Lipinski definition) is 5. The van der Waals surface area contributed by atoms with Gasteiger partial charge in [0.05, 0.1) is 11.7 Å². The Morgan fingerprint density at radius 1 is 1.12 bits per heavy atom. The maximum absolute atomic E-state index is 14.0. The molecule has 32 heavy (non-hydrogen) atoms. The first-order valence-electron chi connectivity index (χ1n) is 10.4. The molecule has 1 aliphatic rings. The van der Waals surface area contributed by atoms with Gasteiger partial charge in [0.25, 0.3) is 0 Å². The quantitative estimate of drug-likeness (QED) is 0.614. The molecule has 1 aromatic heterocycles. The summed E-state index contributed by atoms with van der Waals surface area (Å²) in [5.41, 5.74) is 1.81. The normalized spacial score (nSPS) is 16.6. The Morgan fingerprint density at radius 3 is 2.44 bits per heavy atom. The van der Waals surface area contributed by atoms with Gasteiger partial charge in [-0.05, 0) is 49.6 Å². The lowest BCUT2D eigenvalue weighted by molar-refractivity contribution is -0.126. The zero-order chi connectivity index (χ0) is 22.7. The van der Waals surface area contributed by atoms with E-state index in [2.05, 4.69) is 15.4 Å². The summed E-state index contributed by atoms with van der Waals surface area (Å²) in [7, 11) is -3.92. The van der Waals surface area contributed by atoms with E-state index in [1.165, 1.54) is 28.8 Å². The highest BCUT2D eigenvalue weighted by atomic mass is 32.2. The number of nitrogens with one attached hydrogen (secondary N) is 1. The Bertz CT molecular complexity index is 1170. The number of amides is 1. The van der Waals surface area contributed by atoms with E-state index in [1.54, 1.807) is 11.0 Å². The number of carbonyl (C=O) groups excluding carboxylic acids is 1. The second-order valence-corrected chi connectivity index (χ2v) is 9.68. The lowest BCUT2D eigenvalue weighted by atomic mass is 9.96. The molecule has 8 nitrogen and oxygen atoms in total. The van der Waals surface area contributed by atoms with Crippen molar-refractivity contribution in [1.82, 2.24) is 24.4 Å². The Hall–Kier alpha value is -3.11. The summed E-state index contributed by atoms with van der Waals surface area (Å²) in [4.78, 5) is 16.4. The van der Waals surface area contributed by atoms with Crippen LogP contribution in [0.1, 0.15) is 31.4 Å². The first kappa shape index (κ1) is 22.1. The lowest BCUT2D eigenvalue weighted by Gasteiger charge is -2.31. The van der Waals surface area contributed by atoms with Gasteiger partial charge in [0.2, 0.25) is 15.9 Å². The molecule has 0 saturated carbocycles. The summed E-state index contributed by atoms with van der Waals surface area (Å²) < 4.78 is 42.3. The Balaban J connectivity index is 1.34. The van der Waals surface area contributed by atoms with Crippen LogP contribution in [0, 0.1) is 11.7 Å². The van der Waals surface area contributed by atoms with Crippen LogP contribution in [0.4, 0.5) is 4.39 Å². The second-order valence-electron chi connectivity index (χ2n) is 7.77. The fraction of sp³-hybridized carbons (Fsp3) is 0.318. The topological polar surface area (TPSA) is 97.2 Å². The highest BCUT2D eigenvalue weighted by molar-refractivity contribution is 7.89. The number of rotatable bonds is 6. The molecule has 168 valence electrons. The van der Waals surface area contributed by atoms with Crippen molar-refractivity contribution in [3.05, 3.63) is 72.6 Å². The Labute approximate surface area is 186 Å². The molecule has 10 heteroatoms. The molecule has 1 unspecified atom stereocenters. The summed E-state index contributed by atoms with van der Waals surface area (Å²) in [6.45, 7) is 2.26. The molecular formula is C22H24FN5O3S. The number of hydrogen-bond donors (Lipinski definition) is 1. The smallest absolute Gasteiger partial charge is 0.245 e. The van der Waals surface area contributed by atoms with E-state index in [9.17, 15) is 17.6 Å². The van der Waals surface area contributed by atoms with Crippen molar-refractivity contribution in [3.8, 4) is 5.69 Å². The predicted octanol–water partition coefficient (Wildman–Crippen LogP) is 2.68. The van der Waals surface area contributed by atoms with Crippen LogP contribution in [0.15, 0.2) is 66.1 Å². The number of nitrogens with zero attached hydrogens (tertiary/aromatic N) is 4. The number of halogens is 1. The number of piperidine rings is 1. The van der Waals surface area contributed by atoms with Gasteiger partial charge in [0.15, 0.2) is 0 Å². The average Bonchev–Trinajstić information content (AvgIpc) is 3.34. The maximum Gasteiger partial charge on any atom is 0.245 e. The summed E-state index contributed by atoms with van der Waals surface area (Å²) in [6, 6.07) is 12.8. The van der Waals surface area contributed by atoms with Crippen molar-refractivity contribution in [1.29, 1.82) is 0 Å². The molecule has 1 amide bonds. The number of benzene rings is 2. The molecule has 0 bridgehead atoms. The van der Waals surface area contributed by atoms with Crippen LogP contribution in [0.25, 0.3) is 5.69 Å². The van der Waals surface area contributed by atoms with Crippen molar-refractivity contribution in [2.24, 2.45) is 5.92 Å². The highest BCUT2D eigenvalue weighted by Crippen LogP contribution is 2.26. The minimum atomic E-state index is -3.92. The molecule has 2 heterocycles. The highest BCUT2D eigenvalue weighted by Gasteiger charge is 2.33. The van der Waals surface area contributed by atoms with Crippen LogP contribution in [0.3, 0.4) is 0 Å². The molecule has 4 rings (SSSR count). The summed E-state index contributed by atoms with van der Waals surface area (Å²) >= 11 is 0. The Kier molecular flexibility index (Phi) is 6.33. The first-order chi connectivity index (χ1) is 15.4. The Morgan fingerprint density at radius 2 is 1.81 bits per heavy atom. The minimum absolute atomic E-state index is 0.110. The van der Waals surface area contributed by atoms with E-state index in [0.717, 1.165) is 17.3 Å². The van der Waals surface area contributed by atoms with E-state index in [1.807, 2.05) is 31.2 Å². The SMILES string of the molecule is CC(NC(=O)C1CCN(S(=O)(=O)c2ccccc2F)CC1)c1ccc(-n2cncn2)cc1. The molecule has 1 saturated heterocycles. The monoisotopic (exact) mass is 457 g/mol. The predicted molar refractivity (Wildman–Crippen MR) is 116 cm³/mol. The molecule has 1 aliphatic heterocycles. The lowest BCUT2D eigenvalue weighted by Crippen LogP contribution is -2.43. The third kappa shape index (κ3) is 4.56. The van der Waals surface area contributed by atoms with Crippen molar-refractivity contribution in [2.75, 3.05) is 13.1 Å². The third-order valence-corrected chi connectivity index (χ3v) is 7.65. The van der Waals surface area contributed by atoms with Crippen LogP contribution in [-0.4, -0.2) is 46.5 Å². The van der Waals surface area contributed by atoms with Crippen LogP contribution < -0.4 is 5.32 Å². The van der Waals surface area contributed by atoms with Crippen LogP contribution >= 0.6 is 0 Å². The number of sulfonamides is 1. The fourth-order valence-corrected chi connectivity index (χ4v) is 5.36. The molecule has 0 aliphatic carbocycles. The van der Waals surface area contributed by atoms with Gasteiger partial charge in [-0.25, -0.2) is 22.5 Å². The van der Waals surface area contributed by atoms with Gasteiger partial charge in [-0.15, -0.1) is 0 Å². The van der Waals surface area contributed by atoms with Crippen molar-refractivity contribution < 1.29 is 17.6 Å². The van der Waals surface area contributed by atoms with Gasteiger partial charge in [-0.2, -0.15) is 9.40 Å². The molecule has 0 spiro atoms. The van der Waals surface area contributed by atoms with E-state index in [4.69, 9.17) is 0 Å². The van der Waals surface area contributed by atoms with Gasteiger partial charge in [0, 0.05) is 19.0 Å². The molecule has 3 aromatic rings. The van der Waals surface area contributed by atoms with Crippen LogP contribution in [0.2, 0.25) is 0 Å². The molecular weight excluding hydrogens is 433 g/mol. The van der Waals surface area contributed by atoms with Gasteiger partial charge in [0.1, 0.15) is 23.4 Å². The van der Waals surface area contributed by atoms with E-state index < -0.39 is 15.8 Å². The summed E-state index contributed by atoms with van der Waals surface area (Å²) in [6.07, 6.45) is 3.84. The van der Waals surface area contributed by atoms with Crippen LogP contribution in [0.5, 0.6) is 0 Å².